The monoisotopic (exact) mass is 409 g/mol. The first-order valence-electron chi connectivity index (χ1n) is 9.38. The molecule has 3 atom stereocenters. The lowest BCUT2D eigenvalue weighted by molar-refractivity contribution is -0.156. The van der Waals surface area contributed by atoms with Crippen LogP contribution in [0.1, 0.15) is 32.1 Å². The predicted molar refractivity (Wildman–Crippen MR) is 105 cm³/mol. The Balaban J connectivity index is 1.32. The number of carbonyl (C=O) groups excluding carboxylic acids is 3. The second-order valence-corrected chi connectivity index (χ2v) is 8.76. The Morgan fingerprint density at radius 1 is 1.15 bits per heavy atom. The van der Waals surface area contributed by atoms with Crippen LogP contribution in [0.5, 0.6) is 0 Å². The molecular formula is C20H24ClNO4S. The minimum absolute atomic E-state index is 0.00812. The Kier molecular flexibility index (Phi) is 7.19. The number of thioether (sulfide) groups is 1. The van der Waals surface area contributed by atoms with Crippen LogP contribution in [-0.2, 0) is 19.1 Å². The van der Waals surface area contributed by atoms with Gasteiger partial charge >= 0.3 is 5.97 Å². The van der Waals surface area contributed by atoms with Crippen molar-refractivity contribution in [2.24, 2.45) is 17.8 Å². The van der Waals surface area contributed by atoms with Crippen LogP contribution in [0.2, 0.25) is 5.02 Å². The zero-order chi connectivity index (χ0) is 19.2. The van der Waals surface area contributed by atoms with E-state index in [1.807, 2.05) is 24.3 Å². The van der Waals surface area contributed by atoms with Crippen LogP contribution < -0.4 is 5.32 Å². The molecular weight excluding hydrogens is 386 g/mol. The van der Waals surface area contributed by atoms with Crippen LogP contribution in [0.3, 0.4) is 0 Å². The van der Waals surface area contributed by atoms with Crippen molar-refractivity contribution in [2.45, 2.75) is 37.0 Å². The van der Waals surface area contributed by atoms with Gasteiger partial charge in [-0.05, 0) is 49.9 Å². The fourth-order valence-corrected chi connectivity index (χ4v) is 4.76. The molecule has 0 radical (unpaired) electrons. The van der Waals surface area contributed by atoms with Crippen LogP contribution in [0.4, 0.5) is 0 Å². The van der Waals surface area contributed by atoms with Gasteiger partial charge in [-0.25, -0.2) is 0 Å². The molecule has 1 aromatic rings. The number of amides is 1. The Morgan fingerprint density at radius 3 is 2.48 bits per heavy atom. The molecule has 1 aromatic carbocycles. The molecule has 2 aliphatic rings. The van der Waals surface area contributed by atoms with Crippen molar-refractivity contribution in [3.05, 3.63) is 29.3 Å². The summed E-state index contributed by atoms with van der Waals surface area (Å²) in [4.78, 5) is 37.3. The van der Waals surface area contributed by atoms with Gasteiger partial charge in [-0.2, -0.15) is 0 Å². The minimum atomic E-state index is -0.343. The number of Topliss-reactive ketones (excluding diaryl/α,β-unsaturated/α-hetero) is 1. The maximum atomic E-state index is 12.3. The van der Waals surface area contributed by atoms with Crippen molar-refractivity contribution < 1.29 is 19.1 Å². The number of ketones is 1. The van der Waals surface area contributed by atoms with Gasteiger partial charge in [0, 0.05) is 34.1 Å². The standard InChI is InChI=1S/C20H24ClNO4S/c21-16-4-6-17(7-5-16)27-9-8-22-18(23)12-26-20(25)15-10-13-2-1-3-14(11-15)19(13)24/h4-7,13-15H,1-3,8-12H2,(H,22,23)/t13-,14+,15?. The Morgan fingerprint density at radius 2 is 1.81 bits per heavy atom. The highest BCUT2D eigenvalue weighted by Gasteiger charge is 2.41. The smallest absolute Gasteiger partial charge is 0.309 e. The number of carbonyl (C=O) groups is 3. The molecule has 2 saturated carbocycles. The summed E-state index contributed by atoms with van der Waals surface area (Å²) in [7, 11) is 0. The largest absolute Gasteiger partial charge is 0.455 e. The summed E-state index contributed by atoms with van der Waals surface area (Å²) < 4.78 is 5.19. The SMILES string of the molecule is O=C(COC(=O)C1C[C@H]2CCC[C@@H](C1)C2=O)NCCSc1ccc(Cl)cc1. The number of hydrogen-bond donors (Lipinski definition) is 1. The van der Waals surface area contributed by atoms with E-state index in [0.717, 1.165) is 29.9 Å². The molecule has 0 spiro atoms. The van der Waals surface area contributed by atoms with E-state index >= 15 is 0 Å². The first-order chi connectivity index (χ1) is 13.0. The number of ether oxygens (including phenoxy) is 1. The van der Waals surface area contributed by atoms with Crippen LogP contribution in [0.15, 0.2) is 29.2 Å². The highest BCUT2D eigenvalue weighted by Crippen LogP contribution is 2.40. The maximum absolute atomic E-state index is 12.3. The van der Waals surface area contributed by atoms with Crippen molar-refractivity contribution in [1.29, 1.82) is 0 Å². The van der Waals surface area contributed by atoms with Crippen molar-refractivity contribution in [3.63, 3.8) is 0 Å². The topological polar surface area (TPSA) is 72.5 Å². The second kappa shape index (κ2) is 9.60. The molecule has 7 heteroatoms. The average molecular weight is 410 g/mol. The number of benzene rings is 1. The maximum Gasteiger partial charge on any atom is 0.309 e. The highest BCUT2D eigenvalue weighted by atomic mass is 35.5. The van der Waals surface area contributed by atoms with Gasteiger partial charge in [-0.3, -0.25) is 14.4 Å². The number of rotatable bonds is 7. The summed E-state index contributed by atoms with van der Waals surface area (Å²) in [6.45, 7) is 0.232. The third-order valence-corrected chi connectivity index (χ3v) is 6.50. The fraction of sp³-hybridized carbons (Fsp3) is 0.550. The lowest BCUT2D eigenvalue weighted by Crippen LogP contribution is -2.40. The molecule has 1 unspecified atom stereocenters. The summed E-state index contributed by atoms with van der Waals surface area (Å²) >= 11 is 7.46. The summed E-state index contributed by atoms with van der Waals surface area (Å²) in [5.74, 6) is 0.169. The second-order valence-electron chi connectivity index (χ2n) is 7.16. The number of nitrogens with one attached hydrogen (secondary N) is 1. The van der Waals surface area contributed by atoms with E-state index in [1.165, 1.54) is 0 Å². The lowest BCUT2D eigenvalue weighted by atomic mass is 9.67. The molecule has 2 bridgehead atoms. The molecule has 0 heterocycles. The van der Waals surface area contributed by atoms with Gasteiger partial charge < -0.3 is 10.1 Å². The van der Waals surface area contributed by atoms with Crippen LogP contribution >= 0.6 is 23.4 Å². The van der Waals surface area contributed by atoms with Gasteiger partial charge in [-0.1, -0.05) is 18.0 Å². The van der Waals surface area contributed by atoms with Crippen LogP contribution in [0.25, 0.3) is 0 Å². The molecule has 1 N–H and O–H groups in total. The highest BCUT2D eigenvalue weighted by molar-refractivity contribution is 7.99. The van der Waals surface area contributed by atoms with E-state index in [2.05, 4.69) is 5.32 Å². The fourth-order valence-electron chi connectivity index (χ4n) is 3.87. The normalized spacial score (nSPS) is 24.3. The first kappa shape index (κ1) is 20.2. The Labute approximate surface area is 168 Å². The average Bonchev–Trinajstić information content (AvgIpc) is 2.64. The van der Waals surface area contributed by atoms with Crippen molar-refractivity contribution in [1.82, 2.24) is 5.32 Å². The summed E-state index contributed by atoms with van der Waals surface area (Å²) in [6, 6.07) is 7.52. The van der Waals surface area contributed by atoms with Crippen LogP contribution in [0, 0.1) is 17.8 Å². The van der Waals surface area contributed by atoms with Crippen molar-refractivity contribution in [3.8, 4) is 0 Å². The predicted octanol–water partition coefficient (Wildman–Crippen LogP) is 3.49. The van der Waals surface area contributed by atoms with E-state index in [9.17, 15) is 14.4 Å². The van der Waals surface area contributed by atoms with Gasteiger partial charge in [0.1, 0.15) is 5.78 Å². The van der Waals surface area contributed by atoms with Gasteiger partial charge in [0.2, 0.25) is 0 Å². The molecule has 0 saturated heterocycles. The molecule has 27 heavy (non-hydrogen) atoms. The lowest BCUT2D eigenvalue weighted by Gasteiger charge is -2.36. The number of fused-ring (bicyclic) bond motifs is 2. The molecule has 0 aliphatic heterocycles. The summed E-state index contributed by atoms with van der Waals surface area (Å²) in [5, 5.41) is 3.45. The van der Waals surface area contributed by atoms with Gasteiger partial charge in [0.15, 0.2) is 6.61 Å². The molecule has 3 rings (SSSR count). The summed E-state index contributed by atoms with van der Waals surface area (Å²) in [6.07, 6.45) is 3.98. The van der Waals surface area contributed by atoms with E-state index in [1.54, 1.807) is 11.8 Å². The zero-order valence-electron chi connectivity index (χ0n) is 15.1. The van der Waals surface area contributed by atoms with E-state index < -0.39 is 0 Å². The van der Waals surface area contributed by atoms with Crippen molar-refractivity contribution >= 4 is 41.0 Å². The Hall–Kier alpha value is -1.53. The quantitative estimate of drug-likeness (QED) is 0.424. The van der Waals surface area contributed by atoms with Gasteiger partial charge in [0.05, 0.1) is 5.92 Å². The molecule has 5 nitrogen and oxygen atoms in total. The van der Waals surface area contributed by atoms with Gasteiger partial charge in [0.25, 0.3) is 5.91 Å². The van der Waals surface area contributed by atoms with E-state index in [-0.39, 0.29) is 36.2 Å². The van der Waals surface area contributed by atoms with E-state index in [0.29, 0.717) is 30.2 Å². The summed E-state index contributed by atoms with van der Waals surface area (Å²) in [5.41, 5.74) is 0. The number of halogens is 1. The zero-order valence-corrected chi connectivity index (χ0v) is 16.7. The third kappa shape index (κ3) is 5.72. The minimum Gasteiger partial charge on any atom is -0.455 e. The third-order valence-electron chi connectivity index (χ3n) is 5.23. The van der Waals surface area contributed by atoms with Gasteiger partial charge in [-0.15, -0.1) is 11.8 Å². The van der Waals surface area contributed by atoms with E-state index in [4.69, 9.17) is 16.3 Å². The van der Waals surface area contributed by atoms with Crippen LogP contribution in [-0.4, -0.2) is 36.6 Å². The first-order valence-corrected chi connectivity index (χ1v) is 10.7. The molecule has 146 valence electrons. The Bertz CT molecular complexity index is 678. The number of esters is 1. The number of hydrogen-bond acceptors (Lipinski definition) is 5. The van der Waals surface area contributed by atoms with Crippen molar-refractivity contribution in [2.75, 3.05) is 18.9 Å². The molecule has 2 fully saturated rings. The molecule has 0 aromatic heterocycles. The molecule has 1 amide bonds. The molecule has 2 aliphatic carbocycles.